The summed E-state index contributed by atoms with van der Waals surface area (Å²) in [4.78, 5) is 0. The van der Waals surface area contributed by atoms with E-state index in [-0.39, 0.29) is 6.61 Å². The molecule has 0 bridgehead atoms. The van der Waals surface area contributed by atoms with E-state index in [2.05, 4.69) is 43.8 Å². The Labute approximate surface area is 108 Å². The fourth-order valence-corrected chi connectivity index (χ4v) is 1.95. The first-order valence-corrected chi connectivity index (χ1v) is 6.23. The van der Waals surface area contributed by atoms with Gasteiger partial charge < -0.3 is 5.11 Å². The lowest BCUT2D eigenvalue weighted by atomic mass is 9.99. The molecule has 0 aliphatic heterocycles. The molecular formula is C17H18O. The number of allylic oxidation sites excluding steroid dienone is 1. The molecule has 1 nitrogen and oxygen atoms in total. The van der Waals surface area contributed by atoms with Gasteiger partial charge in [-0.05, 0) is 40.3 Å². The first kappa shape index (κ1) is 12.6. The van der Waals surface area contributed by atoms with E-state index < -0.39 is 0 Å². The van der Waals surface area contributed by atoms with Crippen molar-refractivity contribution in [3.63, 3.8) is 0 Å². The normalized spacial score (nSPS) is 10.3. The third-order valence-corrected chi connectivity index (χ3v) is 3.16. The molecule has 0 radical (unpaired) electrons. The van der Waals surface area contributed by atoms with Crippen LogP contribution in [-0.2, 0) is 6.61 Å². The molecule has 0 amide bonds. The van der Waals surface area contributed by atoms with Crippen LogP contribution in [0, 0.1) is 0 Å². The standard InChI is InChI=1S/C17H18O/c1-3-13(2)15-7-9-16(10-8-15)17-6-4-5-14(11-17)12-18/h4-11,18H,2-3,12H2,1H3. The Bertz CT molecular complexity index is 538. The van der Waals surface area contributed by atoms with E-state index in [4.69, 9.17) is 5.11 Å². The van der Waals surface area contributed by atoms with E-state index in [0.717, 1.165) is 28.7 Å². The predicted octanol–water partition coefficient (Wildman–Crippen LogP) is 4.27. The summed E-state index contributed by atoms with van der Waals surface area (Å²) in [6, 6.07) is 16.4. The second kappa shape index (κ2) is 5.65. The predicted molar refractivity (Wildman–Crippen MR) is 77.1 cm³/mol. The Kier molecular flexibility index (Phi) is 3.96. The topological polar surface area (TPSA) is 20.2 Å². The monoisotopic (exact) mass is 238 g/mol. The van der Waals surface area contributed by atoms with Crippen LogP contribution >= 0.6 is 0 Å². The highest BCUT2D eigenvalue weighted by molar-refractivity contribution is 5.69. The zero-order valence-electron chi connectivity index (χ0n) is 10.7. The highest BCUT2D eigenvalue weighted by Gasteiger charge is 2.00. The lowest BCUT2D eigenvalue weighted by Crippen LogP contribution is -1.85. The smallest absolute Gasteiger partial charge is 0.0682 e. The SMILES string of the molecule is C=C(CC)c1ccc(-c2cccc(CO)c2)cc1. The van der Waals surface area contributed by atoms with Gasteiger partial charge in [-0.2, -0.15) is 0 Å². The van der Waals surface area contributed by atoms with Crippen LogP contribution in [0.4, 0.5) is 0 Å². The molecule has 0 unspecified atom stereocenters. The van der Waals surface area contributed by atoms with E-state index in [1.807, 2.05) is 18.2 Å². The molecule has 0 fully saturated rings. The molecule has 0 aliphatic rings. The quantitative estimate of drug-likeness (QED) is 0.843. The van der Waals surface area contributed by atoms with E-state index >= 15 is 0 Å². The highest BCUT2D eigenvalue weighted by Crippen LogP contribution is 2.23. The Balaban J connectivity index is 2.31. The zero-order valence-corrected chi connectivity index (χ0v) is 10.7. The molecular weight excluding hydrogens is 220 g/mol. The van der Waals surface area contributed by atoms with Gasteiger partial charge in [-0.15, -0.1) is 0 Å². The van der Waals surface area contributed by atoms with Gasteiger partial charge in [-0.3, -0.25) is 0 Å². The van der Waals surface area contributed by atoms with E-state index in [0.29, 0.717) is 0 Å². The van der Waals surface area contributed by atoms with Crippen LogP contribution in [0.25, 0.3) is 16.7 Å². The fourth-order valence-electron chi connectivity index (χ4n) is 1.95. The van der Waals surface area contributed by atoms with Crippen LogP contribution in [0.1, 0.15) is 24.5 Å². The van der Waals surface area contributed by atoms with Gasteiger partial charge in [0, 0.05) is 0 Å². The Morgan fingerprint density at radius 3 is 2.39 bits per heavy atom. The first-order chi connectivity index (χ1) is 8.74. The van der Waals surface area contributed by atoms with Crippen LogP contribution in [0.3, 0.4) is 0 Å². The first-order valence-electron chi connectivity index (χ1n) is 6.23. The zero-order chi connectivity index (χ0) is 13.0. The lowest BCUT2D eigenvalue weighted by molar-refractivity contribution is 0.282. The second-order valence-corrected chi connectivity index (χ2v) is 4.39. The number of aliphatic hydroxyl groups is 1. The van der Waals surface area contributed by atoms with Crippen molar-refractivity contribution >= 4 is 5.57 Å². The molecule has 92 valence electrons. The third-order valence-electron chi connectivity index (χ3n) is 3.16. The second-order valence-electron chi connectivity index (χ2n) is 4.39. The molecule has 0 aromatic heterocycles. The van der Waals surface area contributed by atoms with Gasteiger partial charge in [0.15, 0.2) is 0 Å². The number of hydrogen-bond acceptors (Lipinski definition) is 1. The molecule has 0 aliphatic carbocycles. The number of hydrogen-bond donors (Lipinski definition) is 1. The largest absolute Gasteiger partial charge is 0.392 e. The summed E-state index contributed by atoms with van der Waals surface area (Å²) in [5, 5.41) is 9.15. The van der Waals surface area contributed by atoms with Gasteiger partial charge in [0.05, 0.1) is 6.61 Å². The van der Waals surface area contributed by atoms with Crippen LogP contribution in [-0.4, -0.2) is 5.11 Å². The number of benzene rings is 2. The van der Waals surface area contributed by atoms with Crippen LogP contribution in [0.15, 0.2) is 55.1 Å². The van der Waals surface area contributed by atoms with Gasteiger partial charge in [0.2, 0.25) is 0 Å². The lowest BCUT2D eigenvalue weighted by Gasteiger charge is -2.06. The van der Waals surface area contributed by atoms with Gasteiger partial charge in [-0.25, -0.2) is 0 Å². The van der Waals surface area contributed by atoms with E-state index in [9.17, 15) is 0 Å². The maximum Gasteiger partial charge on any atom is 0.0682 e. The molecule has 0 heterocycles. The molecule has 1 heteroatoms. The summed E-state index contributed by atoms with van der Waals surface area (Å²) in [5.41, 5.74) is 5.59. The molecule has 1 N–H and O–H groups in total. The fraction of sp³-hybridized carbons (Fsp3) is 0.176. The minimum atomic E-state index is 0.0819. The van der Waals surface area contributed by atoms with E-state index in [1.165, 1.54) is 5.56 Å². The Hall–Kier alpha value is -1.86. The van der Waals surface area contributed by atoms with Gasteiger partial charge in [-0.1, -0.05) is 56.0 Å². The van der Waals surface area contributed by atoms with Crippen molar-refractivity contribution in [1.82, 2.24) is 0 Å². The van der Waals surface area contributed by atoms with E-state index in [1.54, 1.807) is 0 Å². The molecule has 18 heavy (non-hydrogen) atoms. The highest BCUT2D eigenvalue weighted by atomic mass is 16.3. The maximum atomic E-state index is 9.15. The molecule has 2 aromatic rings. The molecule has 2 aromatic carbocycles. The summed E-state index contributed by atoms with van der Waals surface area (Å²) in [6.07, 6.45) is 0.972. The summed E-state index contributed by atoms with van der Waals surface area (Å²) < 4.78 is 0. The average molecular weight is 238 g/mol. The van der Waals surface area contributed by atoms with Crippen molar-refractivity contribution in [3.05, 3.63) is 66.2 Å². The van der Waals surface area contributed by atoms with Crippen molar-refractivity contribution in [1.29, 1.82) is 0 Å². The van der Waals surface area contributed by atoms with Gasteiger partial charge >= 0.3 is 0 Å². The molecule has 2 rings (SSSR count). The van der Waals surface area contributed by atoms with Crippen LogP contribution in [0.2, 0.25) is 0 Å². The summed E-state index contributed by atoms with van der Waals surface area (Å²) in [7, 11) is 0. The van der Waals surface area contributed by atoms with Crippen molar-refractivity contribution in [2.45, 2.75) is 20.0 Å². The minimum Gasteiger partial charge on any atom is -0.392 e. The molecule has 0 saturated heterocycles. The van der Waals surface area contributed by atoms with Crippen LogP contribution in [0.5, 0.6) is 0 Å². The van der Waals surface area contributed by atoms with Gasteiger partial charge in [0.25, 0.3) is 0 Å². The number of aliphatic hydroxyl groups excluding tert-OH is 1. The van der Waals surface area contributed by atoms with Crippen molar-refractivity contribution < 1.29 is 5.11 Å². The summed E-state index contributed by atoms with van der Waals surface area (Å²) >= 11 is 0. The van der Waals surface area contributed by atoms with Crippen molar-refractivity contribution in [2.75, 3.05) is 0 Å². The van der Waals surface area contributed by atoms with Crippen molar-refractivity contribution in [3.8, 4) is 11.1 Å². The Morgan fingerprint density at radius 2 is 1.78 bits per heavy atom. The third kappa shape index (κ3) is 2.69. The number of rotatable bonds is 4. The van der Waals surface area contributed by atoms with Crippen molar-refractivity contribution in [2.24, 2.45) is 0 Å². The summed E-state index contributed by atoms with van der Waals surface area (Å²) in [5.74, 6) is 0. The molecule has 0 saturated carbocycles. The van der Waals surface area contributed by atoms with Gasteiger partial charge in [0.1, 0.15) is 0 Å². The maximum absolute atomic E-state index is 9.15. The van der Waals surface area contributed by atoms with Crippen LogP contribution < -0.4 is 0 Å². The molecule has 0 atom stereocenters. The summed E-state index contributed by atoms with van der Waals surface area (Å²) in [6.45, 7) is 6.23. The minimum absolute atomic E-state index is 0.0819. The molecule has 0 spiro atoms. The average Bonchev–Trinajstić information content (AvgIpc) is 2.46. The Morgan fingerprint density at radius 1 is 1.06 bits per heavy atom.